The summed E-state index contributed by atoms with van der Waals surface area (Å²) in [4.78, 5) is 21.2. The molecule has 0 atom stereocenters. The second kappa shape index (κ2) is 3.57. The van der Waals surface area contributed by atoms with Crippen LogP contribution in [0.15, 0.2) is 24.3 Å². The molecule has 1 rings (SSSR count). The van der Waals surface area contributed by atoms with Crippen molar-refractivity contribution in [3.05, 3.63) is 29.8 Å². The van der Waals surface area contributed by atoms with Crippen molar-refractivity contribution in [3.8, 4) is 5.75 Å². The van der Waals surface area contributed by atoms with Crippen LogP contribution in [0.3, 0.4) is 0 Å². The van der Waals surface area contributed by atoms with Gasteiger partial charge in [-0.05, 0) is 12.1 Å². The van der Waals surface area contributed by atoms with Crippen LogP contribution in [-0.2, 0) is 0 Å². The van der Waals surface area contributed by atoms with E-state index in [1.807, 2.05) is 0 Å². The summed E-state index contributed by atoms with van der Waals surface area (Å²) in [6, 6.07) is 6.09. The highest BCUT2D eigenvalue weighted by atomic mass is 16.5. The maximum atomic E-state index is 10.8. The van der Waals surface area contributed by atoms with Gasteiger partial charge in [0.05, 0.1) is 5.56 Å². The molecule has 13 heavy (non-hydrogen) atoms. The Hall–Kier alpha value is -2.04. The Kier molecular flexibility index (Phi) is 2.49. The van der Waals surface area contributed by atoms with Gasteiger partial charge in [0.15, 0.2) is 0 Å². The number of primary amides is 2. The first-order chi connectivity index (χ1) is 6.11. The van der Waals surface area contributed by atoms with Crippen LogP contribution in [0, 0.1) is 0 Å². The van der Waals surface area contributed by atoms with E-state index in [-0.39, 0.29) is 11.3 Å². The lowest BCUT2D eigenvalue weighted by Gasteiger charge is -2.03. The van der Waals surface area contributed by atoms with Gasteiger partial charge in [-0.3, -0.25) is 4.79 Å². The van der Waals surface area contributed by atoms with Gasteiger partial charge in [-0.25, -0.2) is 4.79 Å². The Bertz CT molecular complexity index is 349. The Morgan fingerprint density at radius 1 is 1.15 bits per heavy atom. The zero-order valence-corrected chi connectivity index (χ0v) is 6.69. The molecule has 5 heteroatoms. The number of para-hydroxylation sites is 1. The Morgan fingerprint density at radius 2 is 1.77 bits per heavy atom. The van der Waals surface area contributed by atoms with Crippen molar-refractivity contribution >= 4 is 12.0 Å². The molecule has 5 nitrogen and oxygen atoms in total. The van der Waals surface area contributed by atoms with Crippen molar-refractivity contribution < 1.29 is 14.3 Å². The molecule has 0 saturated carbocycles. The van der Waals surface area contributed by atoms with E-state index < -0.39 is 12.0 Å². The second-order valence-corrected chi connectivity index (χ2v) is 2.28. The summed E-state index contributed by atoms with van der Waals surface area (Å²) < 4.78 is 4.54. The van der Waals surface area contributed by atoms with Gasteiger partial charge in [0.25, 0.3) is 5.91 Å². The maximum absolute atomic E-state index is 10.8. The van der Waals surface area contributed by atoms with Gasteiger partial charge in [-0.2, -0.15) is 0 Å². The van der Waals surface area contributed by atoms with Gasteiger partial charge < -0.3 is 16.2 Å². The zero-order chi connectivity index (χ0) is 9.84. The molecule has 0 unspecified atom stereocenters. The third-order valence-electron chi connectivity index (χ3n) is 1.36. The summed E-state index contributed by atoms with van der Waals surface area (Å²) in [5, 5.41) is 0. The third kappa shape index (κ3) is 2.19. The highest BCUT2D eigenvalue weighted by Crippen LogP contribution is 2.16. The average Bonchev–Trinajstić information content (AvgIpc) is 2.03. The van der Waals surface area contributed by atoms with Gasteiger partial charge in [-0.15, -0.1) is 0 Å². The molecule has 4 N–H and O–H groups in total. The minimum atomic E-state index is -0.978. The van der Waals surface area contributed by atoms with Crippen molar-refractivity contribution in [1.29, 1.82) is 0 Å². The molecular formula is C8H8N2O3. The van der Waals surface area contributed by atoms with E-state index in [9.17, 15) is 9.59 Å². The Balaban J connectivity index is 3.04. The monoisotopic (exact) mass is 180 g/mol. The molecule has 0 bridgehead atoms. The molecule has 0 aliphatic carbocycles. The number of benzene rings is 1. The lowest BCUT2D eigenvalue weighted by molar-refractivity contribution is 0.0998. The predicted octanol–water partition coefficient (Wildman–Crippen LogP) is 0.243. The molecule has 0 aliphatic heterocycles. The molecule has 0 aliphatic rings. The van der Waals surface area contributed by atoms with Gasteiger partial charge in [-0.1, -0.05) is 12.1 Å². The number of carbonyl (C=O) groups is 2. The van der Waals surface area contributed by atoms with E-state index in [1.165, 1.54) is 12.1 Å². The molecule has 0 radical (unpaired) electrons. The largest absolute Gasteiger partial charge is 0.410 e. The van der Waals surface area contributed by atoms with E-state index in [4.69, 9.17) is 11.5 Å². The van der Waals surface area contributed by atoms with Crippen molar-refractivity contribution in [2.45, 2.75) is 0 Å². The molecule has 0 fully saturated rings. The smallest absolute Gasteiger partial charge is 0.409 e. The van der Waals surface area contributed by atoms with E-state index in [2.05, 4.69) is 4.74 Å². The van der Waals surface area contributed by atoms with E-state index in [1.54, 1.807) is 12.1 Å². The Morgan fingerprint density at radius 3 is 2.31 bits per heavy atom. The first kappa shape index (κ1) is 9.05. The fourth-order valence-corrected chi connectivity index (χ4v) is 0.868. The molecular weight excluding hydrogens is 172 g/mol. The number of hydrogen-bond acceptors (Lipinski definition) is 3. The van der Waals surface area contributed by atoms with Crippen LogP contribution in [0.4, 0.5) is 4.79 Å². The number of nitrogens with two attached hydrogens (primary N) is 2. The van der Waals surface area contributed by atoms with Crippen molar-refractivity contribution in [2.24, 2.45) is 11.5 Å². The fourth-order valence-electron chi connectivity index (χ4n) is 0.868. The number of hydrogen-bond donors (Lipinski definition) is 2. The first-order valence-corrected chi connectivity index (χ1v) is 3.47. The van der Waals surface area contributed by atoms with Crippen molar-refractivity contribution in [2.75, 3.05) is 0 Å². The molecule has 1 aromatic rings. The number of rotatable bonds is 2. The predicted molar refractivity (Wildman–Crippen MR) is 45.2 cm³/mol. The number of ether oxygens (including phenoxy) is 1. The van der Waals surface area contributed by atoms with Crippen molar-refractivity contribution in [1.82, 2.24) is 0 Å². The van der Waals surface area contributed by atoms with Gasteiger partial charge in [0.1, 0.15) is 5.75 Å². The quantitative estimate of drug-likeness (QED) is 0.682. The third-order valence-corrected chi connectivity index (χ3v) is 1.36. The average molecular weight is 180 g/mol. The number of carbonyl (C=O) groups excluding carboxylic acids is 2. The normalized spacial score (nSPS) is 9.23. The summed E-state index contributed by atoms with van der Waals surface area (Å²) in [6.45, 7) is 0. The molecule has 0 heterocycles. The molecule has 0 spiro atoms. The minimum Gasteiger partial charge on any atom is -0.410 e. The summed E-state index contributed by atoms with van der Waals surface area (Å²) in [7, 11) is 0. The highest BCUT2D eigenvalue weighted by molar-refractivity contribution is 5.96. The highest BCUT2D eigenvalue weighted by Gasteiger charge is 2.09. The van der Waals surface area contributed by atoms with E-state index in [0.717, 1.165) is 0 Å². The van der Waals surface area contributed by atoms with E-state index in [0.29, 0.717) is 0 Å². The maximum Gasteiger partial charge on any atom is 0.409 e. The fraction of sp³-hybridized carbons (Fsp3) is 0. The molecule has 0 aromatic heterocycles. The SMILES string of the molecule is NC(=O)Oc1ccccc1C(N)=O. The molecule has 0 saturated heterocycles. The van der Waals surface area contributed by atoms with Crippen LogP contribution < -0.4 is 16.2 Å². The summed E-state index contributed by atoms with van der Waals surface area (Å²) in [5.74, 6) is -0.598. The van der Waals surface area contributed by atoms with Crippen LogP contribution in [0.2, 0.25) is 0 Å². The van der Waals surface area contributed by atoms with Gasteiger partial charge >= 0.3 is 6.09 Å². The van der Waals surface area contributed by atoms with E-state index >= 15 is 0 Å². The van der Waals surface area contributed by atoms with Crippen LogP contribution in [0.1, 0.15) is 10.4 Å². The lowest BCUT2D eigenvalue weighted by Crippen LogP contribution is -2.19. The van der Waals surface area contributed by atoms with Crippen molar-refractivity contribution in [3.63, 3.8) is 0 Å². The summed E-state index contributed by atoms with van der Waals surface area (Å²) >= 11 is 0. The molecule has 68 valence electrons. The zero-order valence-electron chi connectivity index (χ0n) is 6.69. The first-order valence-electron chi connectivity index (χ1n) is 3.47. The topological polar surface area (TPSA) is 95.4 Å². The van der Waals surface area contributed by atoms with Gasteiger partial charge in [0, 0.05) is 0 Å². The minimum absolute atomic E-state index is 0.0718. The standard InChI is InChI=1S/C8H8N2O3/c9-7(11)5-3-1-2-4-6(5)13-8(10)12/h1-4H,(H2,9,11)(H2,10,12). The Labute approximate surface area is 74.3 Å². The lowest BCUT2D eigenvalue weighted by atomic mass is 10.2. The molecule has 2 amide bonds. The summed E-state index contributed by atoms with van der Waals surface area (Å²) in [6.07, 6.45) is -0.978. The van der Waals surface area contributed by atoms with Gasteiger partial charge in [0.2, 0.25) is 0 Å². The summed E-state index contributed by atoms with van der Waals surface area (Å²) in [5.41, 5.74) is 9.93. The van der Waals surface area contributed by atoms with Crippen LogP contribution in [-0.4, -0.2) is 12.0 Å². The number of amides is 2. The van der Waals surface area contributed by atoms with Crippen LogP contribution in [0.5, 0.6) is 5.75 Å². The van der Waals surface area contributed by atoms with Crippen LogP contribution in [0.25, 0.3) is 0 Å². The second-order valence-electron chi connectivity index (χ2n) is 2.28. The van der Waals surface area contributed by atoms with Crippen LogP contribution >= 0.6 is 0 Å². The molecule has 1 aromatic carbocycles.